The predicted molar refractivity (Wildman–Crippen MR) is 73.7 cm³/mol. The number of esters is 1. The van der Waals surface area contributed by atoms with Crippen LogP contribution in [0.5, 0.6) is 0 Å². The predicted octanol–water partition coefficient (Wildman–Crippen LogP) is 2.31. The van der Waals surface area contributed by atoms with Gasteiger partial charge >= 0.3 is 5.97 Å². The molecule has 1 saturated carbocycles. The highest BCUT2D eigenvalue weighted by atomic mass is 16.5. The van der Waals surface area contributed by atoms with Gasteiger partial charge in [-0.25, -0.2) is 0 Å². The molecule has 0 unspecified atom stereocenters. The number of hydrogen-bond donors (Lipinski definition) is 0. The van der Waals surface area contributed by atoms with Gasteiger partial charge < -0.3 is 4.74 Å². The zero-order chi connectivity index (χ0) is 13.7. The largest absolute Gasteiger partial charge is 0.468 e. The first kappa shape index (κ1) is 14.0. The van der Waals surface area contributed by atoms with Crippen LogP contribution >= 0.6 is 0 Å². The van der Waals surface area contributed by atoms with Gasteiger partial charge in [-0.2, -0.15) is 0 Å². The van der Waals surface area contributed by atoms with E-state index in [4.69, 9.17) is 4.74 Å². The van der Waals surface area contributed by atoms with Gasteiger partial charge in [0.05, 0.1) is 19.3 Å². The van der Waals surface area contributed by atoms with Gasteiger partial charge in [0, 0.05) is 18.3 Å². The van der Waals surface area contributed by atoms with E-state index in [9.17, 15) is 4.79 Å². The van der Waals surface area contributed by atoms with Crippen molar-refractivity contribution in [2.45, 2.75) is 45.2 Å². The zero-order valence-corrected chi connectivity index (χ0v) is 11.8. The summed E-state index contributed by atoms with van der Waals surface area (Å²) in [4.78, 5) is 18.3. The first-order valence-electron chi connectivity index (χ1n) is 6.92. The van der Waals surface area contributed by atoms with E-state index in [0.29, 0.717) is 12.6 Å². The number of nitrogens with zero attached hydrogens (tertiary/aromatic N) is 2. The highest BCUT2D eigenvalue weighted by Gasteiger charge is 2.25. The van der Waals surface area contributed by atoms with Crippen molar-refractivity contribution in [1.82, 2.24) is 9.88 Å². The molecule has 1 aliphatic carbocycles. The molecule has 2 rings (SSSR count). The molecule has 4 nitrogen and oxygen atoms in total. The van der Waals surface area contributed by atoms with Crippen molar-refractivity contribution in [3.05, 3.63) is 29.6 Å². The molecule has 0 amide bonds. The van der Waals surface area contributed by atoms with Crippen LogP contribution in [0, 0.1) is 6.92 Å². The van der Waals surface area contributed by atoms with E-state index < -0.39 is 0 Å². The average Bonchev–Trinajstić information content (AvgIpc) is 2.91. The molecule has 0 aromatic carbocycles. The van der Waals surface area contributed by atoms with Gasteiger partial charge in [0.1, 0.15) is 0 Å². The van der Waals surface area contributed by atoms with Crippen LogP contribution in [0.2, 0.25) is 0 Å². The third-order valence-corrected chi connectivity index (χ3v) is 3.71. The zero-order valence-electron chi connectivity index (χ0n) is 11.8. The molecule has 104 valence electrons. The Bertz CT molecular complexity index is 428. The Labute approximate surface area is 114 Å². The van der Waals surface area contributed by atoms with Crippen molar-refractivity contribution >= 4 is 5.97 Å². The minimum absolute atomic E-state index is 0.167. The summed E-state index contributed by atoms with van der Waals surface area (Å²) >= 11 is 0. The van der Waals surface area contributed by atoms with E-state index in [2.05, 4.69) is 9.88 Å². The molecule has 4 heteroatoms. The maximum absolute atomic E-state index is 11.6. The first-order valence-corrected chi connectivity index (χ1v) is 6.92. The molecular weight excluding hydrogens is 240 g/mol. The number of pyridine rings is 1. The normalized spacial score (nSPS) is 15.9. The van der Waals surface area contributed by atoms with Gasteiger partial charge in [-0.05, 0) is 31.9 Å². The fourth-order valence-corrected chi connectivity index (χ4v) is 2.71. The van der Waals surface area contributed by atoms with Crippen LogP contribution < -0.4 is 0 Å². The smallest absolute Gasteiger partial charge is 0.319 e. The van der Waals surface area contributed by atoms with Gasteiger partial charge in [0.2, 0.25) is 0 Å². The first-order chi connectivity index (χ1) is 9.19. The van der Waals surface area contributed by atoms with E-state index >= 15 is 0 Å². The molecule has 1 aromatic heterocycles. The highest BCUT2D eigenvalue weighted by molar-refractivity contribution is 5.71. The quantitative estimate of drug-likeness (QED) is 0.764. The Morgan fingerprint density at radius 3 is 2.79 bits per heavy atom. The molecule has 1 aromatic rings. The van der Waals surface area contributed by atoms with E-state index in [1.54, 1.807) is 0 Å². The van der Waals surface area contributed by atoms with E-state index in [0.717, 1.165) is 17.9 Å². The summed E-state index contributed by atoms with van der Waals surface area (Å²) in [5.74, 6) is -0.167. The van der Waals surface area contributed by atoms with Crippen LogP contribution in [-0.2, 0) is 16.1 Å². The summed E-state index contributed by atoms with van der Waals surface area (Å²) in [6, 6.07) is 6.51. The lowest BCUT2D eigenvalue weighted by Gasteiger charge is -2.27. The van der Waals surface area contributed by atoms with Crippen molar-refractivity contribution in [3.63, 3.8) is 0 Å². The maximum Gasteiger partial charge on any atom is 0.319 e. The molecular formula is C15H22N2O2. The third kappa shape index (κ3) is 4.03. The minimum atomic E-state index is -0.167. The van der Waals surface area contributed by atoms with Crippen LogP contribution in [0.25, 0.3) is 0 Å². The average molecular weight is 262 g/mol. The number of aryl methyl sites for hydroxylation is 1. The van der Waals surface area contributed by atoms with Crippen LogP contribution in [0.4, 0.5) is 0 Å². The molecule has 0 saturated heterocycles. The summed E-state index contributed by atoms with van der Waals surface area (Å²) in [6.45, 7) is 3.07. The molecule has 0 atom stereocenters. The second kappa shape index (κ2) is 6.66. The van der Waals surface area contributed by atoms with Gasteiger partial charge in [-0.15, -0.1) is 0 Å². The Balaban J connectivity index is 2.05. The molecule has 0 N–H and O–H groups in total. The lowest BCUT2D eigenvalue weighted by molar-refractivity contribution is -0.142. The number of carbonyl (C=O) groups is 1. The van der Waals surface area contributed by atoms with Crippen molar-refractivity contribution < 1.29 is 9.53 Å². The second-order valence-electron chi connectivity index (χ2n) is 5.19. The van der Waals surface area contributed by atoms with Gasteiger partial charge in [-0.1, -0.05) is 18.9 Å². The molecule has 0 aliphatic heterocycles. The lowest BCUT2D eigenvalue weighted by Crippen LogP contribution is -2.37. The molecule has 0 bridgehead atoms. The van der Waals surface area contributed by atoms with Gasteiger partial charge in [0.25, 0.3) is 0 Å². The van der Waals surface area contributed by atoms with E-state index in [1.807, 2.05) is 25.1 Å². The number of rotatable bonds is 5. The Morgan fingerprint density at radius 2 is 2.16 bits per heavy atom. The number of aromatic nitrogens is 1. The summed E-state index contributed by atoms with van der Waals surface area (Å²) in [6.07, 6.45) is 4.85. The van der Waals surface area contributed by atoms with Crippen LogP contribution in [0.3, 0.4) is 0 Å². The topological polar surface area (TPSA) is 42.4 Å². The summed E-state index contributed by atoms with van der Waals surface area (Å²) in [7, 11) is 1.44. The summed E-state index contributed by atoms with van der Waals surface area (Å²) in [5, 5.41) is 0. The monoisotopic (exact) mass is 262 g/mol. The lowest BCUT2D eigenvalue weighted by atomic mass is 10.2. The number of carbonyl (C=O) groups excluding carboxylic acids is 1. The third-order valence-electron chi connectivity index (χ3n) is 3.71. The number of hydrogen-bond acceptors (Lipinski definition) is 4. The van der Waals surface area contributed by atoms with Crippen molar-refractivity contribution in [3.8, 4) is 0 Å². The van der Waals surface area contributed by atoms with Gasteiger partial charge in [0.15, 0.2) is 0 Å². The molecule has 0 spiro atoms. The number of ether oxygens (including phenoxy) is 1. The Kier molecular flexibility index (Phi) is 4.91. The molecule has 1 aliphatic rings. The SMILES string of the molecule is COC(=O)CN(Cc1cccc(C)n1)C1CCCC1. The fourth-order valence-electron chi connectivity index (χ4n) is 2.71. The molecule has 1 heterocycles. The van der Waals surface area contributed by atoms with Crippen molar-refractivity contribution in [2.24, 2.45) is 0 Å². The van der Waals surface area contributed by atoms with E-state index in [-0.39, 0.29) is 5.97 Å². The summed E-state index contributed by atoms with van der Waals surface area (Å²) < 4.78 is 4.80. The van der Waals surface area contributed by atoms with Crippen molar-refractivity contribution in [1.29, 1.82) is 0 Å². The molecule has 1 fully saturated rings. The molecule has 0 radical (unpaired) electrons. The summed E-state index contributed by atoms with van der Waals surface area (Å²) in [5.41, 5.74) is 2.04. The second-order valence-corrected chi connectivity index (χ2v) is 5.19. The highest BCUT2D eigenvalue weighted by Crippen LogP contribution is 2.24. The Hall–Kier alpha value is -1.42. The Morgan fingerprint density at radius 1 is 1.42 bits per heavy atom. The minimum Gasteiger partial charge on any atom is -0.468 e. The van der Waals surface area contributed by atoms with Crippen LogP contribution in [-0.4, -0.2) is 35.5 Å². The van der Waals surface area contributed by atoms with E-state index in [1.165, 1.54) is 32.8 Å². The standard InChI is InChI=1S/C15H22N2O2/c1-12-6-5-7-13(16-12)10-17(11-15(18)19-2)14-8-3-4-9-14/h5-7,14H,3-4,8-11H2,1-2H3. The van der Waals surface area contributed by atoms with Crippen LogP contribution in [0.15, 0.2) is 18.2 Å². The van der Waals surface area contributed by atoms with Gasteiger partial charge in [-0.3, -0.25) is 14.7 Å². The van der Waals surface area contributed by atoms with Crippen molar-refractivity contribution in [2.75, 3.05) is 13.7 Å². The maximum atomic E-state index is 11.6. The van der Waals surface area contributed by atoms with Crippen LogP contribution in [0.1, 0.15) is 37.1 Å². The number of methoxy groups -OCH3 is 1. The molecule has 19 heavy (non-hydrogen) atoms. The fraction of sp³-hybridized carbons (Fsp3) is 0.600.